The molecule has 1 amide bonds. The number of ether oxygens (including phenoxy) is 2. The van der Waals surface area contributed by atoms with Crippen LogP contribution in [0.1, 0.15) is 36.1 Å². The highest BCUT2D eigenvalue weighted by molar-refractivity contribution is 7.89. The average Bonchev–Trinajstić information content (AvgIpc) is 2.90. The molecule has 11 heteroatoms. The number of rotatable bonds is 12. The van der Waals surface area contributed by atoms with Crippen molar-refractivity contribution in [2.75, 3.05) is 37.5 Å². The molecule has 0 saturated carbocycles. The van der Waals surface area contributed by atoms with Crippen LogP contribution in [0.2, 0.25) is 0 Å². The van der Waals surface area contributed by atoms with Crippen molar-refractivity contribution in [3.63, 3.8) is 0 Å². The Kier molecular flexibility index (Phi) is 10.0. The number of hydrogen-bond donors (Lipinski definition) is 2. The molecule has 0 aliphatic heterocycles. The number of anilines is 2. The van der Waals surface area contributed by atoms with Gasteiger partial charge in [0, 0.05) is 25.0 Å². The molecule has 0 spiro atoms. The molecule has 0 fully saturated rings. The minimum absolute atomic E-state index is 0.124. The van der Waals surface area contributed by atoms with E-state index in [9.17, 15) is 13.2 Å². The lowest BCUT2D eigenvalue weighted by Gasteiger charge is -2.18. The van der Waals surface area contributed by atoms with Gasteiger partial charge in [0.25, 0.3) is 5.91 Å². The summed E-state index contributed by atoms with van der Waals surface area (Å²) in [4.78, 5) is 16.8. The molecule has 3 rings (SSSR count). The molecule has 2 aromatic carbocycles. The summed E-state index contributed by atoms with van der Waals surface area (Å²) < 4.78 is 37.7. The first-order valence-electron chi connectivity index (χ1n) is 12.5. The van der Waals surface area contributed by atoms with Crippen LogP contribution in [-0.2, 0) is 14.8 Å². The SMILES string of the molecule is CCN(CC)S(=O)(=O)c1ccc(N/N=C\c2ccc(OCC(=O)Nc3c(C)cc(C)cc3C)c(OC)c2)nc1. The summed E-state index contributed by atoms with van der Waals surface area (Å²) in [6, 6.07) is 12.3. The van der Waals surface area contributed by atoms with Crippen LogP contribution in [0.3, 0.4) is 0 Å². The van der Waals surface area contributed by atoms with E-state index in [0.29, 0.717) is 36.0 Å². The summed E-state index contributed by atoms with van der Waals surface area (Å²) in [5, 5.41) is 7.08. The normalized spacial score (nSPS) is 11.6. The second-order valence-electron chi connectivity index (χ2n) is 8.86. The number of nitrogens with one attached hydrogen (secondary N) is 2. The van der Waals surface area contributed by atoms with Gasteiger partial charge in [-0.3, -0.25) is 10.2 Å². The Morgan fingerprint density at radius 2 is 1.72 bits per heavy atom. The van der Waals surface area contributed by atoms with E-state index in [1.807, 2.05) is 32.9 Å². The Morgan fingerprint density at radius 3 is 2.31 bits per heavy atom. The number of hydrazone groups is 1. The molecule has 0 atom stereocenters. The lowest BCUT2D eigenvalue weighted by Crippen LogP contribution is -2.30. The standard InChI is InChI=1S/C28H35N5O5S/c1-7-33(8-2)39(35,36)23-10-12-26(29-17-23)32-30-16-22-9-11-24(25(15-22)37-6)38-18-27(34)31-28-20(4)13-19(3)14-21(28)5/h9-17H,7-8,18H2,1-6H3,(H,29,32)(H,31,34)/b30-16-. The number of carbonyl (C=O) groups excluding carboxylic acids is 1. The van der Waals surface area contributed by atoms with Gasteiger partial charge in [-0.25, -0.2) is 13.4 Å². The molecular formula is C28H35N5O5S. The quantitative estimate of drug-likeness (QED) is 0.250. The topological polar surface area (TPSA) is 122 Å². The second kappa shape index (κ2) is 13.2. The number of aromatic nitrogens is 1. The first-order chi connectivity index (χ1) is 18.6. The van der Waals surface area contributed by atoms with E-state index >= 15 is 0 Å². The van der Waals surface area contributed by atoms with Crippen molar-refractivity contribution in [3.8, 4) is 11.5 Å². The van der Waals surface area contributed by atoms with Crippen LogP contribution < -0.4 is 20.2 Å². The smallest absolute Gasteiger partial charge is 0.262 e. The lowest BCUT2D eigenvalue weighted by molar-refractivity contribution is -0.118. The van der Waals surface area contributed by atoms with E-state index in [1.165, 1.54) is 23.7 Å². The summed E-state index contributed by atoms with van der Waals surface area (Å²) in [6.07, 6.45) is 2.86. The van der Waals surface area contributed by atoms with Gasteiger partial charge in [-0.05, 0) is 67.8 Å². The summed E-state index contributed by atoms with van der Waals surface area (Å²) in [5.74, 6) is 0.979. The predicted molar refractivity (Wildman–Crippen MR) is 153 cm³/mol. The third-order valence-electron chi connectivity index (χ3n) is 5.96. The Hall–Kier alpha value is -3.96. The van der Waals surface area contributed by atoms with Crippen molar-refractivity contribution in [1.82, 2.24) is 9.29 Å². The number of aryl methyl sites for hydroxylation is 3. The van der Waals surface area contributed by atoms with E-state index in [4.69, 9.17) is 9.47 Å². The molecule has 2 N–H and O–H groups in total. The Bertz CT molecular complexity index is 1410. The molecule has 0 bridgehead atoms. The Balaban J connectivity index is 1.60. The maximum absolute atomic E-state index is 12.6. The van der Waals surface area contributed by atoms with Gasteiger partial charge in [-0.2, -0.15) is 9.41 Å². The van der Waals surface area contributed by atoms with Crippen LogP contribution in [0.4, 0.5) is 11.5 Å². The summed E-state index contributed by atoms with van der Waals surface area (Å²) in [5.41, 5.74) is 7.40. The highest BCUT2D eigenvalue weighted by Gasteiger charge is 2.21. The van der Waals surface area contributed by atoms with Crippen molar-refractivity contribution in [2.24, 2.45) is 5.10 Å². The van der Waals surface area contributed by atoms with Crippen molar-refractivity contribution >= 4 is 33.7 Å². The van der Waals surface area contributed by atoms with E-state index < -0.39 is 10.0 Å². The number of benzene rings is 2. The third-order valence-corrected chi connectivity index (χ3v) is 7.99. The number of pyridine rings is 1. The van der Waals surface area contributed by atoms with E-state index in [1.54, 1.807) is 44.3 Å². The predicted octanol–water partition coefficient (Wildman–Crippen LogP) is 4.51. The Morgan fingerprint density at radius 1 is 1.03 bits per heavy atom. The molecule has 0 unspecified atom stereocenters. The van der Waals surface area contributed by atoms with Gasteiger partial charge >= 0.3 is 0 Å². The van der Waals surface area contributed by atoms with Crippen molar-refractivity contribution in [3.05, 3.63) is 70.9 Å². The van der Waals surface area contributed by atoms with Gasteiger partial charge in [0.2, 0.25) is 10.0 Å². The van der Waals surface area contributed by atoms with Gasteiger partial charge < -0.3 is 14.8 Å². The zero-order chi connectivity index (χ0) is 28.6. The molecule has 3 aromatic rings. The lowest BCUT2D eigenvalue weighted by atomic mass is 10.1. The van der Waals surface area contributed by atoms with Gasteiger partial charge in [-0.15, -0.1) is 0 Å². The fraction of sp³-hybridized carbons (Fsp3) is 0.321. The number of hydrogen-bond acceptors (Lipinski definition) is 8. The van der Waals surface area contributed by atoms with Crippen LogP contribution >= 0.6 is 0 Å². The number of nitrogens with zero attached hydrogens (tertiary/aromatic N) is 3. The Labute approximate surface area is 230 Å². The highest BCUT2D eigenvalue weighted by atomic mass is 32.2. The summed E-state index contributed by atoms with van der Waals surface area (Å²) >= 11 is 0. The van der Waals surface area contributed by atoms with Crippen LogP contribution in [-0.4, -0.2) is 56.6 Å². The fourth-order valence-corrected chi connectivity index (χ4v) is 5.47. The maximum atomic E-state index is 12.6. The van der Waals surface area contributed by atoms with Crippen molar-refractivity contribution < 1.29 is 22.7 Å². The molecule has 39 heavy (non-hydrogen) atoms. The number of sulfonamides is 1. The van der Waals surface area contributed by atoms with E-state index in [0.717, 1.165) is 22.4 Å². The summed E-state index contributed by atoms with van der Waals surface area (Å²) in [7, 11) is -2.06. The first kappa shape index (κ1) is 29.6. The molecule has 10 nitrogen and oxygen atoms in total. The number of carbonyl (C=O) groups is 1. The molecule has 0 aliphatic rings. The highest BCUT2D eigenvalue weighted by Crippen LogP contribution is 2.28. The minimum atomic E-state index is -3.57. The zero-order valence-electron chi connectivity index (χ0n) is 23.1. The van der Waals surface area contributed by atoms with Crippen molar-refractivity contribution in [2.45, 2.75) is 39.5 Å². The molecule has 208 valence electrons. The molecule has 0 radical (unpaired) electrons. The van der Waals surface area contributed by atoms with Gasteiger partial charge in [0.15, 0.2) is 18.1 Å². The monoisotopic (exact) mass is 553 g/mol. The zero-order valence-corrected chi connectivity index (χ0v) is 23.9. The van der Waals surface area contributed by atoms with Gasteiger partial charge in [0.1, 0.15) is 10.7 Å². The fourth-order valence-electron chi connectivity index (χ4n) is 4.06. The molecule has 0 aliphatic carbocycles. The van der Waals surface area contributed by atoms with Gasteiger partial charge in [-0.1, -0.05) is 31.5 Å². The van der Waals surface area contributed by atoms with Crippen LogP contribution in [0.15, 0.2) is 58.7 Å². The van der Waals surface area contributed by atoms with E-state index in [2.05, 4.69) is 20.8 Å². The largest absolute Gasteiger partial charge is 0.493 e. The first-order valence-corrected chi connectivity index (χ1v) is 14.0. The van der Waals surface area contributed by atoms with Crippen LogP contribution in [0, 0.1) is 20.8 Å². The molecule has 0 saturated heterocycles. The van der Waals surface area contributed by atoms with E-state index in [-0.39, 0.29) is 17.4 Å². The maximum Gasteiger partial charge on any atom is 0.262 e. The van der Waals surface area contributed by atoms with Crippen LogP contribution in [0.5, 0.6) is 11.5 Å². The minimum Gasteiger partial charge on any atom is -0.493 e. The third kappa shape index (κ3) is 7.55. The number of methoxy groups -OCH3 is 1. The van der Waals surface area contributed by atoms with Crippen molar-refractivity contribution in [1.29, 1.82) is 0 Å². The number of amides is 1. The molecule has 1 aromatic heterocycles. The average molecular weight is 554 g/mol. The van der Waals surface area contributed by atoms with Crippen LogP contribution in [0.25, 0.3) is 0 Å². The van der Waals surface area contributed by atoms with Gasteiger partial charge in [0.05, 0.1) is 13.3 Å². The second-order valence-corrected chi connectivity index (χ2v) is 10.8. The molecular weight excluding hydrogens is 518 g/mol. The molecule has 1 heterocycles. The summed E-state index contributed by atoms with van der Waals surface area (Å²) in [6.45, 7) is 10.1.